The smallest absolute Gasteiger partial charge is 0.258 e. The van der Waals surface area contributed by atoms with Crippen molar-refractivity contribution in [3.8, 4) is 5.75 Å². The lowest BCUT2D eigenvalue weighted by Crippen LogP contribution is -2.31. The Kier molecular flexibility index (Phi) is 5.21. The molecule has 1 amide bonds. The van der Waals surface area contributed by atoms with Gasteiger partial charge in [0.1, 0.15) is 5.75 Å². The summed E-state index contributed by atoms with van der Waals surface area (Å²) in [7, 11) is 1.86. The van der Waals surface area contributed by atoms with E-state index in [-0.39, 0.29) is 18.6 Å². The van der Waals surface area contributed by atoms with E-state index in [0.29, 0.717) is 5.75 Å². The molecule has 2 N–H and O–H groups in total. The van der Waals surface area contributed by atoms with Gasteiger partial charge < -0.3 is 15.4 Å². The SMILES string of the molecule is CNc1ccc(OCC(=O)NC(C)c2ccccc2)cc1. The maximum Gasteiger partial charge on any atom is 0.258 e. The van der Waals surface area contributed by atoms with Crippen molar-refractivity contribution >= 4 is 11.6 Å². The van der Waals surface area contributed by atoms with Gasteiger partial charge in [0.25, 0.3) is 5.91 Å². The van der Waals surface area contributed by atoms with Crippen LogP contribution < -0.4 is 15.4 Å². The van der Waals surface area contributed by atoms with Crippen LogP contribution in [-0.2, 0) is 4.79 Å². The molecule has 0 aliphatic heterocycles. The Morgan fingerprint density at radius 2 is 1.76 bits per heavy atom. The van der Waals surface area contributed by atoms with Gasteiger partial charge in [-0.25, -0.2) is 0 Å². The molecule has 0 spiro atoms. The van der Waals surface area contributed by atoms with Gasteiger partial charge in [0.05, 0.1) is 6.04 Å². The van der Waals surface area contributed by atoms with Crippen LogP contribution in [0.4, 0.5) is 5.69 Å². The number of anilines is 1. The fourth-order valence-electron chi connectivity index (χ4n) is 1.97. The van der Waals surface area contributed by atoms with E-state index < -0.39 is 0 Å². The van der Waals surface area contributed by atoms with Gasteiger partial charge in [-0.05, 0) is 36.8 Å². The number of carbonyl (C=O) groups is 1. The van der Waals surface area contributed by atoms with Crippen LogP contribution >= 0.6 is 0 Å². The molecule has 2 aromatic carbocycles. The van der Waals surface area contributed by atoms with Gasteiger partial charge in [-0.2, -0.15) is 0 Å². The lowest BCUT2D eigenvalue weighted by Gasteiger charge is -2.14. The predicted octanol–water partition coefficient (Wildman–Crippen LogP) is 2.98. The summed E-state index contributed by atoms with van der Waals surface area (Å²) in [4.78, 5) is 11.9. The van der Waals surface area contributed by atoms with Crippen LogP contribution in [0.5, 0.6) is 5.75 Å². The molecule has 0 aromatic heterocycles. The van der Waals surface area contributed by atoms with Gasteiger partial charge in [0.15, 0.2) is 6.61 Å². The standard InChI is InChI=1S/C17H20N2O2/c1-13(14-6-4-3-5-7-14)19-17(20)12-21-16-10-8-15(18-2)9-11-16/h3-11,13,18H,12H2,1-2H3,(H,19,20). The first-order valence-corrected chi connectivity index (χ1v) is 6.94. The van der Waals surface area contributed by atoms with Crippen molar-refractivity contribution < 1.29 is 9.53 Å². The Bertz CT molecular complexity index is 567. The molecule has 0 fully saturated rings. The summed E-state index contributed by atoms with van der Waals surface area (Å²) in [6, 6.07) is 17.3. The fraction of sp³-hybridized carbons (Fsp3) is 0.235. The van der Waals surface area contributed by atoms with E-state index in [9.17, 15) is 4.79 Å². The Morgan fingerprint density at radius 1 is 1.10 bits per heavy atom. The normalized spacial score (nSPS) is 11.5. The van der Waals surface area contributed by atoms with Gasteiger partial charge in [0, 0.05) is 12.7 Å². The summed E-state index contributed by atoms with van der Waals surface area (Å²) in [5.41, 5.74) is 2.08. The van der Waals surface area contributed by atoms with E-state index >= 15 is 0 Å². The molecule has 0 aliphatic rings. The third kappa shape index (κ3) is 4.53. The zero-order valence-electron chi connectivity index (χ0n) is 12.3. The van der Waals surface area contributed by atoms with E-state index in [1.807, 2.05) is 68.6 Å². The largest absolute Gasteiger partial charge is 0.484 e. The van der Waals surface area contributed by atoms with Crippen LogP contribution in [0.3, 0.4) is 0 Å². The van der Waals surface area contributed by atoms with Crippen molar-refractivity contribution in [2.45, 2.75) is 13.0 Å². The molecule has 4 nitrogen and oxygen atoms in total. The summed E-state index contributed by atoms with van der Waals surface area (Å²) in [6.45, 7) is 1.96. The van der Waals surface area contributed by atoms with Crippen molar-refractivity contribution in [2.75, 3.05) is 19.0 Å². The number of carbonyl (C=O) groups excluding carboxylic acids is 1. The van der Waals surface area contributed by atoms with Crippen molar-refractivity contribution in [3.05, 3.63) is 60.2 Å². The van der Waals surface area contributed by atoms with Crippen LogP contribution in [0.15, 0.2) is 54.6 Å². The first-order chi connectivity index (χ1) is 10.2. The summed E-state index contributed by atoms with van der Waals surface area (Å²) in [5, 5.41) is 5.94. The van der Waals surface area contributed by atoms with Gasteiger partial charge >= 0.3 is 0 Å². The number of rotatable bonds is 6. The molecule has 2 aromatic rings. The molecule has 0 radical (unpaired) electrons. The minimum atomic E-state index is -0.135. The van der Waals surface area contributed by atoms with E-state index in [0.717, 1.165) is 11.3 Å². The number of ether oxygens (including phenoxy) is 1. The highest BCUT2D eigenvalue weighted by Crippen LogP contribution is 2.15. The van der Waals surface area contributed by atoms with Crippen LogP contribution in [0.2, 0.25) is 0 Å². The lowest BCUT2D eigenvalue weighted by atomic mass is 10.1. The van der Waals surface area contributed by atoms with Gasteiger partial charge in [-0.1, -0.05) is 30.3 Å². The van der Waals surface area contributed by atoms with E-state index in [2.05, 4.69) is 10.6 Å². The number of hydrogen-bond donors (Lipinski definition) is 2. The Labute approximate surface area is 125 Å². The number of hydrogen-bond acceptors (Lipinski definition) is 3. The summed E-state index contributed by atoms with van der Waals surface area (Å²) in [5.74, 6) is 0.542. The number of amides is 1. The highest BCUT2D eigenvalue weighted by Gasteiger charge is 2.09. The maximum absolute atomic E-state index is 11.9. The van der Waals surface area contributed by atoms with Gasteiger partial charge in [0.2, 0.25) is 0 Å². The first-order valence-electron chi connectivity index (χ1n) is 6.94. The molecular formula is C17H20N2O2. The molecular weight excluding hydrogens is 264 g/mol. The van der Waals surface area contributed by atoms with E-state index in [4.69, 9.17) is 4.74 Å². The average Bonchev–Trinajstić information content (AvgIpc) is 2.54. The Hall–Kier alpha value is -2.49. The summed E-state index contributed by atoms with van der Waals surface area (Å²) in [6.07, 6.45) is 0. The van der Waals surface area contributed by atoms with Crippen LogP contribution in [-0.4, -0.2) is 19.6 Å². The zero-order valence-corrected chi connectivity index (χ0v) is 12.3. The van der Waals surface area contributed by atoms with E-state index in [1.54, 1.807) is 0 Å². The monoisotopic (exact) mass is 284 g/mol. The Morgan fingerprint density at radius 3 is 2.38 bits per heavy atom. The van der Waals surface area contributed by atoms with Crippen LogP contribution in [0, 0.1) is 0 Å². The zero-order chi connectivity index (χ0) is 15.1. The third-order valence-electron chi connectivity index (χ3n) is 3.19. The Balaban J connectivity index is 1.81. The van der Waals surface area contributed by atoms with E-state index in [1.165, 1.54) is 0 Å². The average molecular weight is 284 g/mol. The van der Waals surface area contributed by atoms with Crippen molar-refractivity contribution in [3.63, 3.8) is 0 Å². The first kappa shape index (κ1) is 14.9. The second-order valence-corrected chi connectivity index (χ2v) is 4.76. The second-order valence-electron chi connectivity index (χ2n) is 4.76. The summed E-state index contributed by atoms with van der Waals surface area (Å²) >= 11 is 0. The van der Waals surface area contributed by atoms with Gasteiger partial charge in [-0.15, -0.1) is 0 Å². The van der Waals surface area contributed by atoms with Crippen molar-refractivity contribution in [1.82, 2.24) is 5.32 Å². The number of benzene rings is 2. The van der Waals surface area contributed by atoms with Gasteiger partial charge in [-0.3, -0.25) is 4.79 Å². The fourth-order valence-corrected chi connectivity index (χ4v) is 1.97. The highest BCUT2D eigenvalue weighted by atomic mass is 16.5. The van der Waals surface area contributed by atoms with Crippen molar-refractivity contribution in [1.29, 1.82) is 0 Å². The lowest BCUT2D eigenvalue weighted by molar-refractivity contribution is -0.123. The molecule has 2 rings (SSSR count). The minimum absolute atomic E-state index is 0.00999. The number of nitrogens with one attached hydrogen (secondary N) is 2. The predicted molar refractivity (Wildman–Crippen MR) is 84.5 cm³/mol. The molecule has 0 saturated heterocycles. The van der Waals surface area contributed by atoms with Crippen LogP contribution in [0.1, 0.15) is 18.5 Å². The molecule has 110 valence electrons. The molecule has 21 heavy (non-hydrogen) atoms. The molecule has 0 heterocycles. The molecule has 0 aliphatic carbocycles. The second kappa shape index (κ2) is 7.33. The van der Waals surface area contributed by atoms with Crippen molar-refractivity contribution in [2.24, 2.45) is 0 Å². The summed E-state index contributed by atoms with van der Waals surface area (Å²) < 4.78 is 5.46. The minimum Gasteiger partial charge on any atom is -0.484 e. The van der Waals surface area contributed by atoms with Crippen LogP contribution in [0.25, 0.3) is 0 Å². The molecule has 1 unspecified atom stereocenters. The maximum atomic E-state index is 11.9. The highest BCUT2D eigenvalue weighted by molar-refractivity contribution is 5.78. The quantitative estimate of drug-likeness (QED) is 0.857. The topological polar surface area (TPSA) is 50.4 Å². The molecule has 4 heteroatoms. The molecule has 0 bridgehead atoms. The molecule has 0 saturated carbocycles. The third-order valence-corrected chi connectivity index (χ3v) is 3.19. The molecule has 1 atom stereocenters.